The van der Waals surface area contributed by atoms with Gasteiger partial charge in [0.15, 0.2) is 5.69 Å². The molecule has 0 aliphatic carbocycles. The minimum atomic E-state index is -0.523. The Labute approximate surface area is 121 Å². The van der Waals surface area contributed by atoms with E-state index in [2.05, 4.69) is 10.1 Å². The van der Waals surface area contributed by atoms with Gasteiger partial charge in [0.05, 0.1) is 16.4 Å². The molecule has 6 nitrogen and oxygen atoms in total. The number of aromatic nitrogens is 3. The second-order valence-electron chi connectivity index (χ2n) is 4.23. The highest BCUT2D eigenvalue weighted by Crippen LogP contribution is 2.20. The van der Waals surface area contributed by atoms with Gasteiger partial charge in [0, 0.05) is 25.0 Å². The van der Waals surface area contributed by atoms with Crippen LogP contribution in [0.4, 0.5) is 5.69 Å². The lowest BCUT2D eigenvalue weighted by Gasteiger charge is -2.07. The Morgan fingerprint density at radius 2 is 2.30 bits per heavy atom. The molecule has 0 atom stereocenters. The first-order chi connectivity index (χ1) is 9.54. The molecule has 2 aromatic heterocycles. The first-order valence-corrected chi connectivity index (χ1v) is 6.49. The zero-order valence-corrected chi connectivity index (χ0v) is 12.0. The molecule has 7 heteroatoms. The van der Waals surface area contributed by atoms with Crippen LogP contribution in [0.1, 0.15) is 28.7 Å². The zero-order chi connectivity index (χ0) is 14.7. The number of aryl methyl sites for hydroxylation is 2. The number of nitrogen functional groups attached to an aromatic ring is 1. The van der Waals surface area contributed by atoms with E-state index in [-0.39, 0.29) is 12.3 Å². The highest BCUT2D eigenvalue weighted by Gasteiger charge is 2.20. The van der Waals surface area contributed by atoms with Crippen molar-refractivity contribution in [1.29, 1.82) is 0 Å². The first kappa shape index (κ1) is 14.3. The van der Waals surface area contributed by atoms with E-state index in [0.717, 1.165) is 0 Å². The molecule has 0 bridgehead atoms. The summed E-state index contributed by atoms with van der Waals surface area (Å²) in [7, 11) is 1.66. The SMILES string of the molecule is CCc1nn(C)c(C(=O)OCc2ccncc2Cl)c1N. The fraction of sp³-hybridized carbons (Fsp3) is 0.308. The number of ether oxygens (including phenoxy) is 1. The average Bonchev–Trinajstić information content (AvgIpc) is 2.72. The van der Waals surface area contributed by atoms with Crippen molar-refractivity contribution in [3.8, 4) is 0 Å². The third-order valence-corrected chi connectivity index (χ3v) is 3.24. The number of halogens is 1. The molecule has 0 fully saturated rings. The van der Waals surface area contributed by atoms with Crippen LogP contribution in [0, 0.1) is 0 Å². The molecule has 0 saturated carbocycles. The average molecular weight is 295 g/mol. The van der Waals surface area contributed by atoms with E-state index in [1.807, 2.05) is 6.92 Å². The number of hydrogen-bond donors (Lipinski definition) is 1. The lowest BCUT2D eigenvalue weighted by molar-refractivity contribution is 0.0461. The van der Waals surface area contributed by atoms with Crippen LogP contribution in [0.5, 0.6) is 0 Å². The Morgan fingerprint density at radius 3 is 2.90 bits per heavy atom. The fourth-order valence-electron chi connectivity index (χ4n) is 1.83. The number of nitrogens with two attached hydrogens (primary N) is 1. The molecule has 0 radical (unpaired) electrons. The summed E-state index contributed by atoms with van der Waals surface area (Å²) in [5, 5.41) is 4.63. The summed E-state index contributed by atoms with van der Waals surface area (Å²) in [4.78, 5) is 15.9. The normalized spacial score (nSPS) is 10.6. The number of anilines is 1. The van der Waals surface area contributed by atoms with Crippen molar-refractivity contribution in [2.75, 3.05) is 5.73 Å². The van der Waals surface area contributed by atoms with E-state index in [1.54, 1.807) is 19.3 Å². The second-order valence-corrected chi connectivity index (χ2v) is 4.64. The van der Waals surface area contributed by atoms with Crippen LogP contribution in [0.15, 0.2) is 18.5 Å². The van der Waals surface area contributed by atoms with Crippen LogP contribution >= 0.6 is 11.6 Å². The lowest BCUT2D eigenvalue weighted by Crippen LogP contribution is -2.12. The Kier molecular flexibility index (Phi) is 4.24. The third-order valence-electron chi connectivity index (χ3n) is 2.90. The Hall–Kier alpha value is -2.08. The lowest BCUT2D eigenvalue weighted by atomic mass is 10.2. The molecule has 0 aliphatic rings. The van der Waals surface area contributed by atoms with Crippen molar-refractivity contribution >= 4 is 23.3 Å². The summed E-state index contributed by atoms with van der Waals surface area (Å²) in [6.45, 7) is 1.98. The van der Waals surface area contributed by atoms with E-state index < -0.39 is 5.97 Å². The summed E-state index contributed by atoms with van der Waals surface area (Å²) in [5.41, 5.74) is 7.88. The fourth-order valence-corrected chi connectivity index (χ4v) is 2.01. The zero-order valence-electron chi connectivity index (χ0n) is 11.3. The summed E-state index contributed by atoms with van der Waals surface area (Å²) < 4.78 is 6.66. The van der Waals surface area contributed by atoms with Gasteiger partial charge in [-0.3, -0.25) is 9.67 Å². The van der Waals surface area contributed by atoms with Crippen molar-refractivity contribution in [3.63, 3.8) is 0 Å². The predicted octanol–water partition coefficient (Wildman–Crippen LogP) is 1.97. The third kappa shape index (κ3) is 2.75. The standard InChI is InChI=1S/C13H15ClN4O2/c1-3-10-11(15)12(18(2)17-10)13(19)20-7-8-4-5-16-6-9(8)14/h4-6H,3,7,15H2,1-2H3. The largest absolute Gasteiger partial charge is 0.456 e. The number of nitrogens with zero attached hydrogens (tertiary/aromatic N) is 3. The number of esters is 1. The molecule has 20 heavy (non-hydrogen) atoms. The Balaban J connectivity index is 2.13. The van der Waals surface area contributed by atoms with Crippen LogP contribution in [-0.2, 0) is 24.8 Å². The molecule has 0 amide bonds. The van der Waals surface area contributed by atoms with Crippen molar-refractivity contribution in [2.45, 2.75) is 20.0 Å². The minimum absolute atomic E-state index is 0.0618. The molecule has 0 aromatic carbocycles. The van der Waals surface area contributed by atoms with Gasteiger partial charge in [-0.05, 0) is 12.5 Å². The Bertz CT molecular complexity index is 639. The Morgan fingerprint density at radius 1 is 1.55 bits per heavy atom. The summed E-state index contributed by atoms with van der Waals surface area (Å²) in [6.07, 6.45) is 3.74. The topological polar surface area (TPSA) is 83.0 Å². The molecular formula is C13H15ClN4O2. The van der Waals surface area contributed by atoms with E-state index in [1.165, 1.54) is 10.9 Å². The molecule has 2 aromatic rings. The second kappa shape index (κ2) is 5.92. The van der Waals surface area contributed by atoms with Gasteiger partial charge in [0.1, 0.15) is 6.61 Å². The maximum atomic E-state index is 12.1. The smallest absolute Gasteiger partial charge is 0.359 e. The number of carbonyl (C=O) groups excluding carboxylic acids is 1. The van der Waals surface area contributed by atoms with Crippen LogP contribution in [0.2, 0.25) is 5.02 Å². The molecule has 0 unspecified atom stereocenters. The number of pyridine rings is 1. The molecule has 2 N–H and O–H groups in total. The van der Waals surface area contributed by atoms with Crippen molar-refractivity contribution in [1.82, 2.24) is 14.8 Å². The summed E-state index contributed by atoms with van der Waals surface area (Å²) >= 11 is 5.95. The van der Waals surface area contributed by atoms with Gasteiger partial charge in [-0.25, -0.2) is 4.79 Å². The first-order valence-electron chi connectivity index (χ1n) is 6.11. The molecule has 2 rings (SSSR count). The van der Waals surface area contributed by atoms with Crippen LogP contribution in [0.3, 0.4) is 0 Å². The van der Waals surface area contributed by atoms with Gasteiger partial charge in [-0.1, -0.05) is 18.5 Å². The van der Waals surface area contributed by atoms with Crippen molar-refractivity contribution in [3.05, 3.63) is 40.4 Å². The van der Waals surface area contributed by atoms with Crippen LogP contribution in [0.25, 0.3) is 0 Å². The van der Waals surface area contributed by atoms with Gasteiger partial charge < -0.3 is 10.5 Å². The molecule has 0 spiro atoms. The number of carbonyl (C=O) groups is 1. The summed E-state index contributed by atoms with van der Waals surface area (Å²) in [6, 6.07) is 1.69. The van der Waals surface area contributed by atoms with Crippen LogP contribution < -0.4 is 5.73 Å². The summed E-state index contributed by atoms with van der Waals surface area (Å²) in [5.74, 6) is -0.523. The highest BCUT2D eigenvalue weighted by atomic mass is 35.5. The maximum Gasteiger partial charge on any atom is 0.359 e. The monoisotopic (exact) mass is 294 g/mol. The quantitative estimate of drug-likeness (QED) is 0.872. The molecular weight excluding hydrogens is 280 g/mol. The van der Waals surface area contributed by atoms with Crippen molar-refractivity contribution < 1.29 is 9.53 Å². The molecule has 106 valence electrons. The highest BCUT2D eigenvalue weighted by molar-refractivity contribution is 6.31. The van der Waals surface area contributed by atoms with Gasteiger partial charge in [-0.15, -0.1) is 0 Å². The molecule has 0 aliphatic heterocycles. The van der Waals surface area contributed by atoms with Crippen molar-refractivity contribution in [2.24, 2.45) is 7.05 Å². The number of hydrogen-bond acceptors (Lipinski definition) is 5. The van der Waals surface area contributed by atoms with Gasteiger partial charge >= 0.3 is 5.97 Å². The van der Waals surface area contributed by atoms with Crippen LogP contribution in [-0.4, -0.2) is 20.7 Å². The van der Waals surface area contributed by atoms with Gasteiger partial charge in [0.2, 0.25) is 0 Å². The van der Waals surface area contributed by atoms with E-state index in [0.29, 0.717) is 28.4 Å². The predicted molar refractivity (Wildman–Crippen MR) is 75.4 cm³/mol. The number of rotatable bonds is 4. The van der Waals surface area contributed by atoms with Gasteiger partial charge in [-0.2, -0.15) is 5.10 Å². The minimum Gasteiger partial charge on any atom is -0.456 e. The van der Waals surface area contributed by atoms with Gasteiger partial charge in [0.25, 0.3) is 0 Å². The van der Waals surface area contributed by atoms with E-state index in [4.69, 9.17) is 22.1 Å². The molecule has 2 heterocycles. The maximum absolute atomic E-state index is 12.1. The molecule has 0 saturated heterocycles. The van der Waals surface area contributed by atoms with E-state index >= 15 is 0 Å². The van der Waals surface area contributed by atoms with E-state index in [9.17, 15) is 4.79 Å².